The van der Waals surface area contributed by atoms with Crippen LogP contribution in [0.2, 0.25) is 0 Å². The second-order valence-electron chi connectivity index (χ2n) is 5.75. The molecule has 26 heavy (non-hydrogen) atoms. The Morgan fingerprint density at radius 1 is 1.15 bits per heavy atom. The van der Waals surface area contributed by atoms with Crippen LogP contribution in [0.15, 0.2) is 34.2 Å². The van der Waals surface area contributed by atoms with Crippen LogP contribution in [0.3, 0.4) is 0 Å². The predicted molar refractivity (Wildman–Crippen MR) is 123 cm³/mol. The molecule has 5 nitrogen and oxygen atoms in total. The molecule has 0 heterocycles. The van der Waals surface area contributed by atoms with Gasteiger partial charge in [0.1, 0.15) is 0 Å². The maximum atomic E-state index is 5.47. The molecule has 0 fully saturated rings. The molecular formula is C19H34IN3O2S. The summed E-state index contributed by atoms with van der Waals surface area (Å²) in [5, 5.41) is 3.37. The van der Waals surface area contributed by atoms with E-state index >= 15 is 0 Å². The Balaban J connectivity index is 0.00000625. The van der Waals surface area contributed by atoms with E-state index in [0.29, 0.717) is 13.2 Å². The molecule has 0 radical (unpaired) electrons. The number of hydrogen-bond donors (Lipinski definition) is 1. The molecule has 0 bridgehead atoms. The van der Waals surface area contributed by atoms with Crippen LogP contribution in [-0.2, 0) is 16.0 Å². The van der Waals surface area contributed by atoms with Crippen LogP contribution in [0, 0.1) is 0 Å². The molecule has 0 aliphatic carbocycles. The van der Waals surface area contributed by atoms with E-state index in [1.807, 2.05) is 0 Å². The first kappa shape index (κ1) is 25.5. The molecule has 150 valence electrons. The maximum Gasteiger partial charge on any atom is 0.193 e. The zero-order valence-corrected chi connectivity index (χ0v) is 19.6. The average molecular weight is 495 g/mol. The summed E-state index contributed by atoms with van der Waals surface area (Å²) in [6.07, 6.45) is 4.14. The second-order valence-corrected chi connectivity index (χ2v) is 6.63. The standard InChI is InChI=1S/C19H33N3O2S.HI/c1-5-20-19(21-12-6-7-13-24-15-14-23-3)22(2)16-17-8-10-18(25-4)11-9-17;/h8-11H,5-7,12-16H2,1-4H3,(H,20,21);1H. The number of guanidine groups is 1. The zero-order valence-electron chi connectivity index (χ0n) is 16.5. The lowest BCUT2D eigenvalue weighted by molar-refractivity contribution is 0.0690. The summed E-state index contributed by atoms with van der Waals surface area (Å²) in [5.74, 6) is 0.955. The fourth-order valence-corrected chi connectivity index (χ4v) is 2.70. The fourth-order valence-electron chi connectivity index (χ4n) is 2.29. The van der Waals surface area contributed by atoms with Crippen molar-refractivity contribution in [1.82, 2.24) is 10.2 Å². The van der Waals surface area contributed by atoms with E-state index in [4.69, 9.17) is 14.5 Å². The van der Waals surface area contributed by atoms with Crippen molar-refractivity contribution in [3.05, 3.63) is 29.8 Å². The Bertz CT molecular complexity index is 486. The Labute approximate surface area is 180 Å². The average Bonchev–Trinajstić information content (AvgIpc) is 2.63. The summed E-state index contributed by atoms with van der Waals surface area (Å²) >= 11 is 1.77. The van der Waals surface area contributed by atoms with E-state index in [9.17, 15) is 0 Å². The molecule has 0 unspecified atom stereocenters. The third-order valence-electron chi connectivity index (χ3n) is 3.67. The highest BCUT2D eigenvalue weighted by Crippen LogP contribution is 2.15. The molecule has 0 atom stereocenters. The molecular weight excluding hydrogens is 461 g/mol. The quantitative estimate of drug-likeness (QED) is 0.157. The maximum absolute atomic E-state index is 5.47. The van der Waals surface area contributed by atoms with Crippen LogP contribution < -0.4 is 5.32 Å². The van der Waals surface area contributed by atoms with Crippen molar-refractivity contribution in [3.8, 4) is 0 Å². The van der Waals surface area contributed by atoms with Gasteiger partial charge in [-0.05, 0) is 43.7 Å². The summed E-state index contributed by atoms with van der Waals surface area (Å²) in [5.41, 5.74) is 1.29. The number of ether oxygens (including phenoxy) is 2. The molecule has 0 saturated carbocycles. The van der Waals surface area contributed by atoms with Gasteiger partial charge in [-0.2, -0.15) is 0 Å². The largest absolute Gasteiger partial charge is 0.382 e. The van der Waals surface area contributed by atoms with E-state index in [1.54, 1.807) is 18.9 Å². The topological polar surface area (TPSA) is 46.1 Å². The Morgan fingerprint density at radius 3 is 2.50 bits per heavy atom. The minimum atomic E-state index is 0. The molecule has 1 aromatic carbocycles. The minimum Gasteiger partial charge on any atom is -0.382 e. The van der Waals surface area contributed by atoms with Crippen molar-refractivity contribution < 1.29 is 9.47 Å². The molecule has 1 aromatic rings. The molecule has 0 amide bonds. The van der Waals surface area contributed by atoms with Crippen LogP contribution in [0.1, 0.15) is 25.3 Å². The van der Waals surface area contributed by atoms with Gasteiger partial charge in [0.2, 0.25) is 0 Å². The molecule has 1 N–H and O–H groups in total. The highest BCUT2D eigenvalue weighted by molar-refractivity contribution is 14.0. The first-order valence-electron chi connectivity index (χ1n) is 8.90. The number of hydrogen-bond acceptors (Lipinski definition) is 4. The van der Waals surface area contributed by atoms with Crippen LogP contribution in [0.5, 0.6) is 0 Å². The Kier molecular flexibility index (Phi) is 16.3. The van der Waals surface area contributed by atoms with Gasteiger partial charge in [-0.3, -0.25) is 4.99 Å². The van der Waals surface area contributed by atoms with Gasteiger partial charge in [-0.25, -0.2) is 0 Å². The van der Waals surface area contributed by atoms with Gasteiger partial charge in [-0.1, -0.05) is 12.1 Å². The molecule has 0 spiro atoms. The van der Waals surface area contributed by atoms with Gasteiger partial charge in [0.25, 0.3) is 0 Å². The summed E-state index contributed by atoms with van der Waals surface area (Å²) in [4.78, 5) is 8.19. The van der Waals surface area contributed by atoms with Crippen molar-refractivity contribution in [2.24, 2.45) is 4.99 Å². The van der Waals surface area contributed by atoms with Crippen LogP contribution in [0.4, 0.5) is 0 Å². The number of thioether (sulfide) groups is 1. The van der Waals surface area contributed by atoms with E-state index < -0.39 is 0 Å². The number of nitrogens with one attached hydrogen (secondary N) is 1. The molecule has 0 aromatic heterocycles. The lowest BCUT2D eigenvalue weighted by atomic mass is 10.2. The number of methoxy groups -OCH3 is 1. The van der Waals surface area contributed by atoms with E-state index in [1.165, 1.54) is 10.5 Å². The number of benzene rings is 1. The van der Waals surface area contributed by atoms with Gasteiger partial charge in [0, 0.05) is 45.3 Å². The monoisotopic (exact) mass is 495 g/mol. The van der Waals surface area contributed by atoms with E-state index in [2.05, 4.69) is 54.7 Å². The summed E-state index contributed by atoms with van der Waals surface area (Å²) in [6, 6.07) is 8.70. The smallest absolute Gasteiger partial charge is 0.193 e. The third-order valence-corrected chi connectivity index (χ3v) is 4.41. The minimum absolute atomic E-state index is 0. The van der Waals surface area contributed by atoms with Gasteiger partial charge in [0.05, 0.1) is 13.2 Å². The van der Waals surface area contributed by atoms with Gasteiger partial charge in [0.15, 0.2) is 5.96 Å². The van der Waals surface area contributed by atoms with Crippen molar-refractivity contribution >= 4 is 41.7 Å². The molecule has 7 heteroatoms. The first-order chi connectivity index (χ1) is 12.2. The van der Waals surface area contributed by atoms with Crippen molar-refractivity contribution in [1.29, 1.82) is 0 Å². The predicted octanol–water partition coefficient (Wildman–Crippen LogP) is 3.87. The fraction of sp³-hybridized carbons (Fsp3) is 0.632. The summed E-state index contributed by atoms with van der Waals surface area (Å²) in [7, 11) is 3.77. The Hall–Kier alpha value is -0.510. The molecule has 1 rings (SSSR count). The third kappa shape index (κ3) is 11.3. The number of rotatable bonds is 12. The number of unbranched alkanes of at least 4 members (excludes halogenated alkanes) is 1. The number of halogens is 1. The van der Waals surface area contributed by atoms with Gasteiger partial charge >= 0.3 is 0 Å². The van der Waals surface area contributed by atoms with Crippen LogP contribution >= 0.6 is 35.7 Å². The highest BCUT2D eigenvalue weighted by atomic mass is 127. The second kappa shape index (κ2) is 16.6. The lowest BCUT2D eigenvalue weighted by Gasteiger charge is -2.22. The van der Waals surface area contributed by atoms with Crippen LogP contribution in [0.25, 0.3) is 0 Å². The van der Waals surface area contributed by atoms with Crippen molar-refractivity contribution in [2.75, 3.05) is 53.3 Å². The van der Waals surface area contributed by atoms with Crippen molar-refractivity contribution in [2.45, 2.75) is 31.2 Å². The molecule has 0 aliphatic heterocycles. The lowest BCUT2D eigenvalue weighted by Crippen LogP contribution is -2.38. The van der Waals surface area contributed by atoms with Gasteiger partial charge < -0.3 is 19.7 Å². The SMILES string of the molecule is CCNC(=NCCCCOCCOC)N(C)Cc1ccc(SC)cc1.I. The van der Waals surface area contributed by atoms with Crippen LogP contribution in [-0.4, -0.2) is 64.2 Å². The van der Waals surface area contributed by atoms with E-state index in [-0.39, 0.29) is 24.0 Å². The number of aliphatic imine (C=N–C) groups is 1. The first-order valence-corrected chi connectivity index (χ1v) is 10.1. The van der Waals surface area contributed by atoms with Gasteiger partial charge in [-0.15, -0.1) is 35.7 Å². The number of nitrogens with zero attached hydrogens (tertiary/aromatic N) is 2. The zero-order chi connectivity index (χ0) is 18.3. The summed E-state index contributed by atoms with van der Waals surface area (Å²) in [6.45, 7) is 6.72. The molecule has 0 aliphatic rings. The Morgan fingerprint density at radius 2 is 1.88 bits per heavy atom. The normalized spacial score (nSPS) is 11.2. The molecule has 0 saturated heterocycles. The van der Waals surface area contributed by atoms with E-state index in [0.717, 1.165) is 45.0 Å². The summed E-state index contributed by atoms with van der Waals surface area (Å²) < 4.78 is 10.4. The van der Waals surface area contributed by atoms with Crippen molar-refractivity contribution in [3.63, 3.8) is 0 Å². The highest BCUT2D eigenvalue weighted by Gasteiger charge is 2.06.